The Hall–Kier alpha value is -1.92. The van der Waals surface area contributed by atoms with Crippen LogP contribution in [0.2, 0.25) is 0 Å². The fraction of sp³-hybridized carbons (Fsp3) is 0.765. The fourth-order valence-corrected chi connectivity index (χ4v) is 3.92. The van der Waals surface area contributed by atoms with E-state index >= 15 is 0 Å². The van der Waals surface area contributed by atoms with Crippen LogP contribution in [-0.4, -0.2) is 57.4 Å². The second-order valence-corrected chi connectivity index (χ2v) is 7.27. The van der Waals surface area contributed by atoms with Gasteiger partial charge in [-0.15, -0.1) is 0 Å². The lowest BCUT2D eigenvalue weighted by molar-refractivity contribution is -0.145. The van der Waals surface area contributed by atoms with E-state index in [2.05, 4.69) is 10.1 Å². The molecule has 0 unspecified atom stereocenters. The Morgan fingerprint density at radius 2 is 1.88 bits per heavy atom. The summed E-state index contributed by atoms with van der Waals surface area (Å²) in [5.41, 5.74) is 0. The SMILES string of the molecule is Cc1noc([C@@H]2CCCN(C(=O)[C@@H]3CCCN3C(=O)C3CC3)C2)n1. The maximum Gasteiger partial charge on any atom is 0.245 e. The number of amides is 2. The lowest BCUT2D eigenvalue weighted by atomic mass is 9.97. The molecule has 2 atom stereocenters. The predicted molar refractivity (Wildman–Crippen MR) is 85.0 cm³/mol. The molecule has 1 aromatic rings. The summed E-state index contributed by atoms with van der Waals surface area (Å²) in [5, 5.41) is 3.86. The summed E-state index contributed by atoms with van der Waals surface area (Å²) >= 11 is 0. The summed E-state index contributed by atoms with van der Waals surface area (Å²) in [6, 6.07) is -0.263. The normalized spacial score (nSPS) is 27.5. The number of carbonyl (C=O) groups excluding carboxylic acids is 2. The van der Waals surface area contributed by atoms with E-state index < -0.39 is 0 Å². The van der Waals surface area contributed by atoms with Gasteiger partial charge >= 0.3 is 0 Å². The average Bonchev–Trinajstić information content (AvgIpc) is 3.17. The van der Waals surface area contributed by atoms with E-state index in [1.54, 1.807) is 6.92 Å². The minimum atomic E-state index is -0.263. The van der Waals surface area contributed by atoms with Gasteiger partial charge in [0.05, 0.1) is 5.92 Å². The van der Waals surface area contributed by atoms with E-state index in [4.69, 9.17) is 4.52 Å². The van der Waals surface area contributed by atoms with Crippen molar-refractivity contribution in [2.24, 2.45) is 5.92 Å². The molecule has 1 aromatic heterocycles. The Morgan fingerprint density at radius 3 is 2.58 bits per heavy atom. The van der Waals surface area contributed by atoms with Crippen LogP contribution < -0.4 is 0 Å². The minimum Gasteiger partial charge on any atom is -0.340 e. The molecule has 3 heterocycles. The fourth-order valence-electron chi connectivity index (χ4n) is 3.92. The highest BCUT2D eigenvalue weighted by molar-refractivity contribution is 5.90. The Bertz CT molecular complexity index is 640. The molecule has 2 saturated heterocycles. The van der Waals surface area contributed by atoms with Gasteiger partial charge in [0, 0.05) is 25.6 Å². The molecule has 0 radical (unpaired) electrons. The molecule has 3 fully saturated rings. The molecular formula is C17H24N4O3. The summed E-state index contributed by atoms with van der Waals surface area (Å²) < 4.78 is 5.29. The Balaban J connectivity index is 1.44. The minimum absolute atomic E-state index is 0.0995. The maximum absolute atomic E-state index is 13.0. The highest BCUT2D eigenvalue weighted by atomic mass is 16.5. The van der Waals surface area contributed by atoms with Gasteiger partial charge in [-0.05, 0) is 45.4 Å². The number of hydrogen-bond acceptors (Lipinski definition) is 5. The summed E-state index contributed by atoms with van der Waals surface area (Å²) in [4.78, 5) is 33.5. The van der Waals surface area contributed by atoms with Crippen molar-refractivity contribution in [3.8, 4) is 0 Å². The van der Waals surface area contributed by atoms with Gasteiger partial charge in [0.1, 0.15) is 6.04 Å². The first-order chi connectivity index (χ1) is 11.6. The van der Waals surface area contributed by atoms with Crippen molar-refractivity contribution < 1.29 is 14.1 Å². The molecule has 4 rings (SSSR count). The van der Waals surface area contributed by atoms with Gasteiger partial charge in [-0.3, -0.25) is 9.59 Å². The number of rotatable bonds is 3. The maximum atomic E-state index is 13.0. The lowest BCUT2D eigenvalue weighted by Gasteiger charge is -2.35. The number of hydrogen-bond donors (Lipinski definition) is 0. The highest BCUT2D eigenvalue weighted by Gasteiger charge is 2.42. The van der Waals surface area contributed by atoms with Gasteiger partial charge < -0.3 is 14.3 Å². The Kier molecular flexibility index (Phi) is 4.02. The third-order valence-corrected chi connectivity index (χ3v) is 5.37. The van der Waals surface area contributed by atoms with Gasteiger partial charge in [-0.25, -0.2) is 0 Å². The molecule has 0 spiro atoms. The topological polar surface area (TPSA) is 79.5 Å². The monoisotopic (exact) mass is 332 g/mol. The molecular weight excluding hydrogens is 308 g/mol. The molecule has 0 aromatic carbocycles. The molecule has 2 aliphatic heterocycles. The third-order valence-electron chi connectivity index (χ3n) is 5.37. The van der Waals surface area contributed by atoms with Crippen LogP contribution in [0.1, 0.15) is 56.2 Å². The summed E-state index contributed by atoms with van der Waals surface area (Å²) in [5.74, 6) is 1.83. The van der Waals surface area contributed by atoms with Crippen molar-refractivity contribution in [1.82, 2.24) is 19.9 Å². The van der Waals surface area contributed by atoms with Crippen LogP contribution in [0, 0.1) is 12.8 Å². The van der Waals surface area contributed by atoms with Crippen LogP contribution in [-0.2, 0) is 9.59 Å². The Morgan fingerprint density at radius 1 is 1.08 bits per heavy atom. The molecule has 0 bridgehead atoms. The molecule has 24 heavy (non-hydrogen) atoms. The molecule has 1 saturated carbocycles. The first kappa shape index (κ1) is 15.6. The number of piperidine rings is 1. The zero-order valence-corrected chi connectivity index (χ0v) is 14.1. The number of carbonyl (C=O) groups is 2. The molecule has 130 valence electrons. The smallest absolute Gasteiger partial charge is 0.245 e. The van der Waals surface area contributed by atoms with Crippen molar-refractivity contribution in [3.05, 3.63) is 11.7 Å². The third kappa shape index (κ3) is 2.91. The number of aryl methyl sites for hydroxylation is 1. The number of nitrogens with zero attached hydrogens (tertiary/aromatic N) is 4. The van der Waals surface area contributed by atoms with Crippen molar-refractivity contribution in [2.75, 3.05) is 19.6 Å². The number of aromatic nitrogens is 2. The lowest BCUT2D eigenvalue weighted by Crippen LogP contribution is -2.50. The second-order valence-electron chi connectivity index (χ2n) is 7.27. The zero-order valence-electron chi connectivity index (χ0n) is 14.1. The average molecular weight is 332 g/mol. The quantitative estimate of drug-likeness (QED) is 0.838. The predicted octanol–water partition coefficient (Wildman–Crippen LogP) is 1.49. The first-order valence-electron chi connectivity index (χ1n) is 9.03. The van der Waals surface area contributed by atoms with E-state index in [9.17, 15) is 9.59 Å². The van der Waals surface area contributed by atoms with Crippen LogP contribution >= 0.6 is 0 Å². The van der Waals surface area contributed by atoms with Crippen molar-refractivity contribution in [3.63, 3.8) is 0 Å². The van der Waals surface area contributed by atoms with Crippen LogP contribution in [0.15, 0.2) is 4.52 Å². The molecule has 0 N–H and O–H groups in total. The van der Waals surface area contributed by atoms with Gasteiger partial charge in [-0.2, -0.15) is 4.98 Å². The second kappa shape index (κ2) is 6.18. The molecule has 1 aliphatic carbocycles. The Labute approximate surface area is 141 Å². The van der Waals surface area contributed by atoms with E-state index in [1.807, 2.05) is 9.80 Å². The molecule has 2 amide bonds. The summed E-state index contributed by atoms with van der Waals surface area (Å²) in [6.45, 7) is 3.90. The largest absolute Gasteiger partial charge is 0.340 e. The van der Waals surface area contributed by atoms with Crippen LogP contribution in [0.5, 0.6) is 0 Å². The zero-order chi connectivity index (χ0) is 16.7. The van der Waals surface area contributed by atoms with Crippen LogP contribution in [0.25, 0.3) is 0 Å². The van der Waals surface area contributed by atoms with Gasteiger partial charge in [0.2, 0.25) is 17.7 Å². The van der Waals surface area contributed by atoms with E-state index in [-0.39, 0.29) is 29.7 Å². The molecule has 3 aliphatic rings. The van der Waals surface area contributed by atoms with Crippen molar-refractivity contribution in [1.29, 1.82) is 0 Å². The van der Waals surface area contributed by atoms with Gasteiger partial charge in [-0.1, -0.05) is 5.16 Å². The molecule has 7 nitrogen and oxygen atoms in total. The van der Waals surface area contributed by atoms with E-state index in [0.717, 1.165) is 51.6 Å². The van der Waals surface area contributed by atoms with Crippen molar-refractivity contribution >= 4 is 11.8 Å². The molecule has 7 heteroatoms. The van der Waals surface area contributed by atoms with Crippen molar-refractivity contribution in [2.45, 2.75) is 57.4 Å². The summed E-state index contributed by atoms with van der Waals surface area (Å²) in [7, 11) is 0. The van der Waals surface area contributed by atoms with Gasteiger partial charge in [0.15, 0.2) is 5.82 Å². The van der Waals surface area contributed by atoms with E-state index in [0.29, 0.717) is 18.3 Å². The standard InChI is InChI=1S/C17H24N4O3/c1-11-18-15(24-19-11)13-4-2-8-20(10-13)17(23)14-5-3-9-21(14)16(22)12-6-7-12/h12-14H,2-10H2,1H3/t13-,14+/m1/s1. The van der Waals surface area contributed by atoms with E-state index in [1.165, 1.54) is 0 Å². The van der Waals surface area contributed by atoms with Gasteiger partial charge in [0.25, 0.3) is 0 Å². The highest BCUT2D eigenvalue weighted by Crippen LogP contribution is 2.34. The van der Waals surface area contributed by atoms with Crippen LogP contribution in [0.4, 0.5) is 0 Å². The first-order valence-corrected chi connectivity index (χ1v) is 9.03. The van der Waals surface area contributed by atoms with Crippen LogP contribution in [0.3, 0.4) is 0 Å². The summed E-state index contributed by atoms with van der Waals surface area (Å²) in [6.07, 6.45) is 5.58. The number of likely N-dealkylation sites (tertiary alicyclic amines) is 2.